The van der Waals surface area contributed by atoms with Crippen molar-refractivity contribution in [3.8, 4) is 11.4 Å². The zero-order valence-electron chi connectivity index (χ0n) is 13.7. The second kappa shape index (κ2) is 6.36. The molecule has 0 saturated carbocycles. The van der Waals surface area contributed by atoms with Crippen molar-refractivity contribution in [2.45, 2.75) is 0 Å². The normalized spacial score (nSPS) is 13.0. The lowest BCUT2D eigenvalue weighted by atomic mass is 10.1. The topological polar surface area (TPSA) is 77.6 Å². The van der Waals surface area contributed by atoms with Crippen molar-refractivity contribution in [1.29, 1.82) is 0 Å². The molecule has 7 heteroatoms. The zero-order valence-corrected chi connectivity index (χ0v) is 13.7. The quantitative estimate of drug-likeness (QED) is 0.536. The average molecular weight is 349 g/mol. The molecule has 7 nitrogen and oxygen atoms in total. The molecule has 4 rings (SSSR count). The van der Waals surface area contributed by atoms with Crippen LogP contribution in [0.2, 0.25) is 0 Å². The maximum Gasteiger partial charge on any atom is 0.271 e. The van der Waals surface area contributed by atoms with Gasteiger partial charge in [-0.25, -0.2) is 0 Å². The summed E-state index contributed by atoms with van der Waals surface area (Å²) in [5, 5.41) is 11.0. The number of carbonyl (C=O) groups excluding carboxylic acids is 1. The molecule has 1 amide bonds. The highest BCUT2D eigenvalue weighted by atomic mass is 16.6. The number of hydrogen-bond donors (Lipinski definition) is 0. The number of carbonyl (C=O) groups is 1. The molecule has 0 atom stereocenters. The smallest absolute Gasteiger partial charge is 0.271 e. The minimum Gasteiger partial charge on any atom is -0.490 e. The number of aromatic nitrogens is 1. The molecule has 0 unspecified atom stereocenters. The van der Waals surface area contributed by atoms with Crippen molar-refractivity contribution < 1.29 is 14.5 Å². The van der Waals surface area contributed by atoms with Crippen molar-refractivity contribution >= 4 is 17.3 Å². The van der Waals surface area contributed by atoms with Gasteiger partial charge in [0.25, 0.3) is 11.6 Å². The fraction of sp³-hybridized carbons (Fsp3) is 0.105. The van der Waals surface area contributed by atoms with E-state index in [-0.39, 0.29) is 11.6 Å². The van der Waals surface area contributed by atoms with Crippen molar-refractivity contribution in [1.82, 2.24) is 4.57 Å². The molecule has 0 N–H and O–H groups in total. The summed E-state index contributed by atoms with van der Waals surface area (Å²) in [5.74, 6) is 0.258. The van der Waals surface area contributed by atoms with Crippen LogP contribution in [0.3, 0.4) is 0 Å². The lowest BCUT2D eigenvalue weighted by Gasteiger charge is -2.29. The van der Waals surface area contributed by atoms with Crippen LogP contribution >= 0.6 is 0 Å². The third kappa shape index (κ3) is 2.79. The van der Waals surface area contributed by atoms with Crippen molar-refractivity contribution in [2.24, 2.45) is 0 Å². The summed E-state index contributed by atoms with van der Waals surface area (Å²) in [7, 11) is 0. The first-order valence-corrected chi connectivity index (χ1v) is 8.10. The molecular weight excluding hydrogens is 334 g/mol. The third-order valence-corrected chi connectivity index (χ3v) is 4.28. The molecule has 2 aromatic carbocycles. The van der Waals surface area contributed by atoms with Gasteiger partial charge in [-0.1, -0.05) is 0 Å². The van der Waals surface area contributed by atoms with Gasteiger partial charge >= 0.3 is 0 Å². The molecule has 0 radical (unpaired) electrons. The van der Waals surface area contributed by atoms with Gasteiger partial charge in [-0.15, -0.1) is 0 Å². The van der Waals surface area contributed by atoms with E-state index >= 15 is 0 Å². The monoisotopic (exact) mass is 349 g/mol. The molecule has 26 heavy (non-hydrogen) atoms. The summed E-state index contributed by atoms with van der Waals surface area (Å²) in [5.41, 5.74) is 1.81. The number of hydrogen-bond acceptors (Lipinski definition) is 4. The van der Waals surface area contributed by atoms with Gasteiger partial charge in [-0.3, -0.25) is 14.9 Å². The van der Waals surface area contributed by atoms with Gasteiger partial charge in [0.1, 0.15) is 12.4 Å². The summed E-state index contributed by atoms with van der Waals surface area (Å²) < 4.78 is 7.47. The van der Waals surface area contributed by atoms with E-state index < -0.39 is 4.92 Å². The van der Waals surface area contributed by atoms with E-state index in [1.54, 1.807) is 12.1 Å². The first-order chi connectivity index (χ1) is 12.6. The van der Waals surface area contributed by atoms with Crippen LogP contribution in [0.15, 0.2) is 67.0 Å². The van der Waals surface area contributed by atoms with Gasteiger partial charge in [0.15, 0.2) is 0 Å². The summed E-state index contributed by atoms with van der Waals surface area (Å²) in [4.78, 5) is 25.0. The number of rotatable bonds is 3. The van der Waals surface area contributed by atoms with E-state index in [2.05, 4.69) is 0 Å². The standard InChI is InChI=1S/C19H15N3O4/c23-19(14-3-5-15(6-4-14)20-9-1-2-10-20)21-11-12-26-18-8-7-16(22(24)25)13-17(18)21/h1-10,13H,11-12H2. The number of nitrogens with zero attached hydrogens (tertiary/aromatic N) is 3. The fourth-order valence-corrected chi connectivity index (χ4v) is 2.97. The predicted molar refractivity (Wildman–Crippen MR) is 96.0 cm³/mol. The lowest BCUT2D eigenvalue weighted by molar-refractivity contribution is -0.384. The summed E-state index contributed by atoms with van der Waals surface area (Å²) in [6, 6.07) is 15.4. The van der Waals surface area contributed by atoms with Crippen LogP contribution < -0.4 is 9.64 Å². The van der Waals surface area contributed by atoms with Crippen molar-refractivity contribution in [2.75, 3.05) is 18.1 Å². The number of nitro benzene ring substituents is 1. The number of amides is 1. The highest BCUT2D eigenvalue weighted by molar-refractivity contribution is 6.07. The minimum atomic E-state index is -0.483. The van der Waals surface area contributed by atoms with Gasteiger partial charge in [0, 0.05) is 35.8 Å². The number of nitro groups is 1. The second-order valence-electron chi connectivity index (χ2n) is 5.85. The Morgan fingerprint density at radius 2 is 1.81 bits per heavy atom. The van der Waals surface area contributed by atoms with Crippen LogP contribution in [0.25, 0.3) is 5.69 Å². The minimum absolute atomic E-state index is 0.0741. The SMILES string of the molecule is O=C(c1ccc(-n2cccc2)cc1)N1CCOc2ccc([N+](=O)[O-])cc21. The molecule has 0 fully saturated rings. The lowest BCUT2D eigenvalue weighted by Crippen LogP contribution is -2.38. The Morgan fingerprint density at radius 1 is 1.08 bits per heavy atom. The molecule has 0 aliphatic carbocycles. The van der Waals surface area contributed by atoms with E-state index in [1.165, 1.54) is 23.1 Å². The predicted octanol–water partition coefficient (Wildman–Crippen LogP) is 3.42. The number of fused-ring (bicyclic) bond motifs is 1. The fourth-order valence-electron chi connectivity index (χ4n) is 2.97. The van der Waals surface area contributed by atoms with E-state index in [9.17, 15) is 14.9 Å². The average Bonchev–Trinajstić information content (AvgIpc) is 3.21. The van der Waals surface area contributed by atoms with Gasteiger partial charge in [-0.05, 0) is 42.5 Å². The highest BCUT2D eigenvalue weighted by Gasteiger charge is 2.26. The number of non-ortho nitro benzene ring substituents is 1. The third-order valence-electron chi connectivity index (χ3n) is 4.28. The Kier molecular flexibility index (Phi) is 3.89. The number of anilines is 1. The largest absolute Gasteiger partial charge is 0.490 e. The molecule has 1 aliphatic heterocycles. The summed E-state index contributed by atoms with van der Waals surface area (Å²) in [6.45, 7) is 0.685. The Hall–Kier alpha value is -3.61. The van der Waals surface area contributed by atoms with Crippen LogP contribution in [0.1, 0.15) is 10.4 Å². The Morgan fingerprint density at radius 3 is 2.50 bits per heavy atom. The van der Waals surface area contributed by atoms with E-state index in [0.29, 0.717) is 30.2 Å². The highest BCUT2D eigenvalue weighted by Crippen LogP contribution is 2.35. The molecule has 1 aromatic heterocycles. The second-order valence-corrected chi connectivity index (χ2v) is 5.85. The van der Waals surface area contributed by atoms with Crippen molar-refractivity contribution in [3.63, 3.8) is 0 Å². The van der Waals surface area contributed by atoms with Gasteiger partial charge in [0.2, 0.25) is 0 Å². The first-order valence-electron chi connectivity index (χ1n) is 8.10. The molecule has 2 heterocycles. The molecule has 0 saturated heterocycles. The van der Waals surface area contributed by atoms with Gasteiger partial charge in [0.05, 0.1) is 17.2 Å². The van der Waals surface area contributed by atoms with Crippen LogP contribution in [-0.4, -0.2) is 28.5 Å². The molecule has 130 valence electrons. The van der Waals surface area contributed by atoms with Gasteiger partial charge < -0.3 is 14.2 Å². The summed E-state index contributed by atoms with van der Waals surface area (Å²) in [6.07, 6.45) is 3.85. The van der Waals surface area contributed by atoms with Gasteiger partial charge in [-0.2, -0.15) is 0 Å². The Bertz CT molecular complexity index is 965. The number of benzene rings is 2. The zero-order chi connectivity index (χ0) is 18.1. The Balaban J connectivity index is 1.65. The van der Waals surface area contributed by atoms with Crippen LogP contribution in [-0.2, 0) is 0 Å². The maximum atomic E-state index is 12.9. The van der Waals surface area contributed by atoms with Crippen LogP contribution in [0.5, 0.6) is 5.75 Å². The molecule has 0 bridgehead atoms. The van der Waals surface area contributed by atoms with E-state index in [4.69, 9.17) is 4.74 Å². The molecule has 3 aromatic rings. The maximum absolute atomic E-state index is 12.9. The van der Waals surface area contributed by atoms with Crippen LogP contribution in [0, 0.1) is 10.1 Å². The Labute approximate surface area is 149 Å². The first kappa shape index (κ1) is 15.9. The van der Waals surface area contributed by atoms with E-state index in [1.807, 2.05) is 41.2 Å². The molecule has 0 spiro atoms. The van der Waals surface area contributed by atoms with Crippen LogP contribution in [0.4, 0.5) is 11.4 Å². The summed E-state index contributed by atoms with van der Waals surface area (Å²) >= 11 is 0. The number of ether oxygens (including phenoxy) is 1. The van der Waals surface area contributed by atoms with E-state index in [0.717, 1.165) is 5.69 Å². The molecule has 1 aliphatic rings. The van der Waals surface area contributed by atoms with Crippen molar-refractivity contribution in [3.05, 3.63) is 82.7 Å². The molecular formula is C19H15N3O4.